The molecule has 0 fully saturated rings. The lowest BCUT2D eigenvalue weighted by molar-refractivity contribution is -0.113. The third-order valence-electron chi connectivity index (χ3n) is 2.26. The second kappa shape index (κ2) is 5.22. The second-order valence-electron chi connectivity index (χ2n) is 3.38. The molecule has 18 heavy (non-hydrogen) atoms. The Bertz CT molecular complexity index is 602. The van der Waals surface area contributed by atoms with Crippen LogP contribution in [0.15, 0.2) is 34.9 Å². The number of carbonyl (C=O) groups is 1. The van der Waals surface area contributed by atoms with E-state index >= 15 is 0 Å². The molecule has 0 saturated heterocycles. The van der Waals surface area contributed by atoms with Gasteiger partial charge >= 0.3 is 0 Å². The van der Waals surface area contributed by atoms with Gasteiger partial charge in [0.15, 0.2) is 11.5 Å². The van der Waals surface area contributed by atoms with Crippen molar-refractivity contribution in [3.8, 4) is 0 Å². The lowest BCUT2D eigenvalue weighted by atomic mass is 10.1. The maximum Gasteiger partial charge on any atom is 0.262 e. The summed E-state index contributed by atoms with van der Waals surface area (Å²) in [6.45, 7) is 5.18. The first-order valence-corrected chi connectivity index (χ1v) is 6.98. The van der Waals surface area contributed by atoms with Crippen LogP contribution in [0.1, 0.15) is 26.3 Å². The Kier molecular flexibility index (Phi) is 4.13. The fraction of sp³-hybridized carbons (Fsp3) is 0.250. The average Bonchev–Trinajstić information content (AvgIpc) is 2.36. The van der Waals surface area contributed by atoms with Gasteiger partial charge in [0.25, 0.3) is 10.0 Å². The number of nitrogens with one attached hydrogen (secondary N) is 1. The molecule has 1 aromatic carbocycles. The first-order chi connectivity index (χ1) is 8.43. The summed E-state index contributed by atoms with van der Waals surface area (Å²) in [6.07, 6.45) is 0. The molecule has 1 aromatic rings. The number of aliphatic hydroxyl groups excluding tert-OH is 1. The van der Waals surface area contributed by atoms with Gasteiger partial charge in [0.1, 0.15) is 5.70 Å². The number of hydrogen-bond acceptors (Lipinski definition) is 4. The topological polar surface area (TPSA) is 83.5 Å². The lowest BCUT2D eigenvalue weighted by Gasteiger charge is -2.19. The summed E-state index contributed by atoms with van der Waals surface area (Å²) in [7, 11) is -3.76. The van der Waals surface area contributed by atoms with Gasteiger partial charge in [0.2, 0.25) is 0 Å². The third kappa shape index (κ3) is 2.38. The molecule has 5 nitrogen and oxygen atoms in total. The minimum Gasteiger partial charge on any atom is -0.505 e. The van der Waals surface area contributed by atoms with Crippen molar-refractivity contribution in [2.75, 3.05) is 0 Å². The van der Waals surface area contributed by atoms with Gasteiger partial charge in [0, 0.05) is 12.5 Å². The van der Waals surface area contributed by atoms with E-state index in [0.717, 1.165) is 0 Å². The molecule has 0 atom stereocenters. The summed E-state index contributed by atoms with van der Waals surface area (Å²) in [5.74, 6) is -0.867. The standard InChI is InChI=1S/C10H9NO4S.C2H6/c1-6(12)9-10(13)7-4-2-3-5-8(7)16(14,15)11-9;1-2/h2-5,11,13H,1H3;1-2H3. The van der Waals surface area contributed by atoms with Gasteiger partial charge in [-0.3, -0.25) is 9.52 Å². The molecule has 0 bridgehead atoms. The largest absolute Gasteiger partial charge is 0.505 e. The van der Waals surface area contributed by atoms with Crippen molar-refractivity contribution in [2.45, 2.75) is 25.7 Å². The van der Waals surface area contributed by atoms with Gasteiger partial charge in [-0.2, -0.15) is 0 Å². The molecule has 6 heteroatoms. The highest BCUT2D eigenvalue weighted by atomic mass is 32.2. The molecule has 0 spiro atoms. The highest BCUT2D eigenvalue weighted by Gasteiger charge is 2.30. The maximum atomic E-state index is 11.7. The minimum absolute atomic E-state index is 0.0301. The van der Waals surface area contributed by atoms with E-state index in [-0.39, 0.29) is 21.9 Å². The smallest absolute Gasteiger partial charge is 0.262 e. The lowest BCUT2D eigenvalue weighted by Crippen LogP contribution is -2.32. The normalized spacial score (nSPS) is 15.9. The quantitative estimate of drug-likeness (QED) is 0.814. The molecule has 98 valence electrons. The predicted octanol–water partition coefficient (Wildman–Crippen LogP) is 1.82. The number of hydrogen-bond donors (Lipinski definition) is 2. The van der Waals surface area contributed by atoms with Crippen LogP contribution < -0.4 is 4.72 Å². The summed E-state index contributed by atoms with van der Waals surface area (Å²) in [6, 6.07) is 5.95. The maximum absolute atomic E-state index is 11.7. The molecule has 0 radical (unpaired) electrons. The number of rotatable bonds is 1. The van der Waals surface area contributed by atoms with Crippen LogP contribution in [0.2, 0.25) is 0 Å². The van der Waals surface area contributed by atoms with E-state index in [1.54, 1.807) is 12.1 Å². The molecule has 2 rings (SSSR count). The Labute approximate surface area is 106 Å². The fourth-order valence-electron chi connectivity index (χ4n) is 1.51. The van der Waals surface area contributed by atoms with Crippen molar-refractivity contribution in [3.63, 3.8) is 0 Å². The van der Waals surface area contributed by atoms with Gasteiger partial charge in [-0.05, 0) is 12.1 Å². The van der Waals surface area contributed by atoms with Gasteiger partial charge in [0.05, 0.1) is 4.90 Å². The van der Waals surface area contributed by atoms with Crippen LogP contribution in [0.3, 0.4) is 0 Å². The first-order valence-electron chi connectivity index (χ1n) is 5.50. The van der Waals surface area contributed by atoms with Crippen LogP contribution in [0, 0.1) is 0 Å². The van der Waals surface area contributed by atoms with Crippen molar-refractivity contribution in [1.29, 1.82) is 0 Å². The summed E-state index contributed by atoms with van der Waals surface area (Å²) in [5.41, 5.74) is -0.148. The molecule has 2 N–H and O–H groups in total. The van der Waals surface area contributed by atoms with E-state index < -0.39 is 15.8 Å². The SMILES string of the molecule is CC.CC(=O)C1=C(O)c2ccccc2S(=O)(=O)N1. The number of carbonyl (C=O) groups excluding carboxylic acids is 1. The highest BCUT2D eigenvalue weighted by Crippen LogP contribution is 2.28. The van der Waals surface area contributed by atoms with Gasteiger partial charge in [-0.1, -0.05) is 26.0 Å². The molecule has 0 amide bonds. The number of aliphatic hydroxyl groups is 1. The van der Waals surface area contributed by atoms with Crippen LogP contribution in [0.4, 0.5) is 0 Å². The molecule has 0 unspecified atom stereocenters. The molecule has 1 aliphatic rings. The monoisotopic (exact) mass is 269 g/mol. The van der Waals surface area contributed by atoms with Crippen LogP contribution in [0.25, 0.3) is 5.76 Å². The Hall–Kier alpha value is -1.82. The Morgan fingerprint density at radius 3 is 2.33 bits per heavy atom. The first kappa shape index (κ1) is 14.2. The number of benzene rings is 1. The summed E-state index contributed by atoms with van der Waals surface area (Å²) in [4.78, 5) is 11.1. The zero-order chi connectivity index (χ0) is 13.9. The van der Waals surface area contributed by atoms with Crippen molar-refractivity contribution in [2.24, 2.45) is 0 Å². The number of fused-ring (bicyclic) bond motifs is 1. The zero-order valence-electron chi connectivity index (χ0n) is 10.4. The third-order valence-corrected chi connectivity index (χ3v) is 3.66. The number of sulfonamides is 1. The van der Waals surface area contributed by atoms with E-state index in [1.165, 1.54) is 19.1 Å². The van der Waals surface area contributed by atoms with E-state index in [1.807, 2.05) is 13.8 Å². The van der Waals surface area contributed by atoms with Crippen molar-refractivity contribution >= 4 is 21.6 Å². The van der Waals surface area contributed by atoms with Crippen LogP contribution >= 0.6 is 0 Å². The molecule has 0 aromatic heterocycles. The van der Waals surface area contributed by atoms with E-state index in [9.17, 15) is 18.3 Å². The summed E-state index contributed by atoms with van der Waals surface area (Å²) in [5, 5.41) is 9.76. The molecular weight excluding hydrogens is 254 g/mol. The van der Waals surface area contributed by atoms with E-state index in [4.69, 9.17) is 0 Å². The summed E-state index contributed by atoms with van der Waals surface area (Å²) >= 11 is 0. The van der Waals surface area contributed by atoms with Gasteiger partial charge in [-0.15, -0.1) is 0 Å². The average molecular weight is 269 g/mol. The fourth-order valence-corrected chi connectivity index (χ4v) is 2.84. The zero-order valence-corrected chi connectivity index (χ0v) is 11.2. The van der Waals surface area contributed by atoms with Crippen molar-refractivity contribution in [1.82, 2.24) is 4.72 Å². The van der Waals surface area contributed by atoms with Crippen LogP contribution in [0.5, 0.6) is 0 Å². The number of allylic oxidation sites excluding steroid dienone is 1. The Morgan fingerprint density at radius 2 is 1.78 bits per heavy atom. The van der Waals surface area contributed by atoms with E-state index in [2.05, 4.69) is 4.72 Å². The highest BCUT2D eigenvalue weighted by molar-refractivity contribution is 7.89. The Balaban J connectivity index is 0.000000771. The second-order valence-corrected chi connectivity index (χ2v) is 5.03. The van der Waals surface area contributed by atoms with Gasteiger partial charge in [-0.25, -0.2) is 8.42 Å². The number of ketones is 1. The van der Waals surface area contributed by atoms with Crippen molar-refractivity contribution < 1.29 is 18.3 Å². The van der Waals surface area contributed by atoms with E-state index in [0.29, 0.717) is 0 Å². The Morgan fingerprint density at radius 1 is 1.22 bits per heavy atom. The van der Waals surface area contributed by atoms with Crippen LogP contribution in [-0.2, 0) is 14.8 Å². The van der Waals surface area contributed by atoms with Crippen LogP contribution in [-0.4, -0.2) is 19.3 Å². The summed E-state index contributed by atoms with van der Waals surface area (Å²) < 4.78 is 25.5. The molecule has 1 heterocycles. The van der Waals surface area contributed by atoms with Gasteiger partial charge < -0.3 is 5.11 Å². The van der Waals surface area contributed by atoms with Crippen molar-refractivity contribution in [3.05, 3.63) is 35.5 Å². The predicted molar refractivity (Wildman–Crippen MR) is 68.3 cm³/mol. The molecule has 0 aliphatic carbocycles. The molecule has 1 aliphatic heterocycles. The molecule has 0 saturated carbocycles. The molecular formula is C12H15NO4S. The number of Topliss-reactive ketones (excluding diaryl/α,β-unsaturated/α-hetero) is 1. The minimum atomic E-state index is -3.76.